The van der Waals surface area contributed by atoms with Gasteiger partial charge in [-0.25, -0.2) is 8.78 Å². The SMILES string of the molecule is CN1CCNCC1CN1CCC(F)(F)C1. The van der Waals surface area contributed by atoms with Crippen LogP contribution in [0.1, 0.15) is 6.42 Å². The van der Waals surface area contributed by atoms with Gasteiger partial charge in [-0.15, -0.1) is 0 Å². The van der Waals surface area contributed by atoms with Crippen LogP contribution in [0.2, 0.25) is 0 Å². The molecule has 2 heterocycles. The van der Waals surface area contributed by atoms with Gasteiger partial charge in [0.25, 0.3) is 5.92 Å². The largest absolute Gasteiger partial charge is 0.314 e. The molecule has 2 fully saturated rings. The molecule has 0 aromatic carbocycles. The number of hydrogen-bond donors (Lipinski definition) is 1. The van der Waals surface area contributed by atoms with Crippen LogP contribution in [0.4, 0.5) is 8.78 Å². The highest BCUT2D eigenvalue weighted by Gasteiger charge is 2.39. The van der Waals surface area contributed by atoms with E-state index in [9.17, 15) is 8.78 Å². The van der Waals surface area contributed by atoms with Gasteiger partial charge in [-0.05, 0) is 7.05 Å². The molecule has 88 valence electrons. The van der Waals surface area contributed by atoms with Gasteiger partial charge < -0.3 is 5.32 Å². The second-order valence-electron chi connectivity index (χ2n) is 4.68. The zero-order valence-electron chi connectivity index (χ0n) is 9.18. The molecule has 3 nitrogen and oxygen atoms in total. The highest BCUT2D eigenvalue weighted by atomic mass is 19.3. The summed E-state index contributed by atoms with van der Waals surface area (Å²) in [6, 6.07) is 0.382. The van der Waals surface area contributed by atoms with Crippen LogP contribution < -0.4 is 5.32 Å². The monoisotopic (exact) mass is 219 g/mol. The number of halogens is 2. The minimum Gasteiger partial charge on any atom is -0.314 e. The summed E-state index contributed by atoms with van der Waals surface area (Å²) in [7, 11) is 2.07. The molecular weight excluding hydrogens is 200 g/mol. The molecule has 0 radical (unpaired) electrons. The van der Waals surface area contributed by atoms with Crippen molar-refractivity contribution in [1.82, 2.24) is 15.1 Å². The summed E-state index contributed by atoms with van der Waals surface area (Å²) in [4.78, 5) is 4.14. The van der Waals surface area contributed by atoms with Gasteiger partial charge in [-0.2, -0.15) is 0 Å². The topological polar surface area (TPSA) is 18.5 Å². The van der Waals surface area contributed by atoms with E-state index >= 15 is 0 Å². The molecule has 0 aromatic heterocycles. The van der Waals surface area contributed by atoms with Crippen LogP contribution in [-0.4, -0.2) is 68.1 Å². The molecule has 2 aliphatic rings. The Bertz CT molecular complexity index is 223. The number of likely N-dealkylation sites (tertiary alicyclic amines) is 1. The van der Waals surface area contributed by atoms with E-state index in [0.29, 0.717) is 12.6 Å². The van der Waals surface area contributed by atoms with Crippen LogP contribution in [0.5, 0.6) is 0 Å². The molecule has 0 amide bonds. The number of rotatable bonds is 2. The van der Waals surface area contributed by atoms with Crippen molar-refractivity contribution in [2.45, 2.75) is 18.4 Å². The lowest BCUT2D eigenvalue weighted by atomic mass is 10.2. The van der Waals surface area contributed by atoms with Crippen LogP contribution in [0, 0.1) is 0 Å². The number of hydrogen-bond acceptors (Lipinski definition) is 3. The zero-order chi connectivity index (χ0) is 10.9. The van der Waals surface area contributed by atoms with Gasteiger partial charge in [0.1, 0.15) is 0 Å². The second-order valence-corrected chi connectivity index (χ2v) is 4.68. The predicted molar refractivity (Wildman–Crippen MR) is 55.3 cm³/mol. The number of nitrogens with one attached hydrogen (secondary N) is 1. The summed E-state index contributed by atoms with van der Waals surface area (Å²) in [6.07, 6.45) is 0.0247. The third kappa shape index (κ3) is 2.86. The highest BCUT2D eigenvalue weighted by Crippen LogP contribution is 2.26. The van der Waals surface area contributed by atoms with Crippen LogP contribution in [-0.2, 0) is 0 Å². The number of alkyl halides is 2. The Morgan fingerprint density at radius 1 is 1.40 bits per heavy atom. The fourth-order valence-electron chi connectivity index (χ4n) is 2.33. The first kappa shape index (κ1) is 11.2. The summed E-state index contributed by atoms with van der Waals surface area (Å²) >= 11 is 0. The van der Waals surface area contributed by atoms with Crippen molar-refractivity contribution in [3.63, 3.8) is 0 Å². The minimum atomic E-state index is -2.46. The summed E-state index contributed by atoms with van der Waals surface area (Å²) in [5.41, 5.74) is 0. The zero-order valence-corrected chi connectivity index (χ0v) is 9.18. The summed E-state index contributed by atoms with van der Waals surface area (Å²) < 4.78 is 25.9. The molecule has 2 rings (SSSR count). The van der Waals surface area contributed by atoms with E-state index in [4.69, 9.17) is 0 Å². The average Bonchev–Trinajstić information content (AvgIpc) is 2.50. The Hall–Kier alpha value is -0.260. The van der Waals surface area contributed by atoms with Crippen LogP contribution in [0.25, 0.3) is 0 Å². The number of nitrogens with zero attached hydrogens (tertiary/aromatic N) is 2. The van der Waals surface area contributed by atoms with Crippen molar-refractivity contribution in [2.24, 2.45) is 0 Å². The molecule has 5 heteroatoms. The van der Waals surface area contributed by atoms with E-state index in [1.807, 2.05) is 4.90 Å². The molecular formula is C10H19F2N3. The normalized spacial score (nSPS) is 33.4. The Balaban J connectivity index is 1.81. The standard InChI is InChI=1S/C10H19F2N3/c1-14-5-3-13-6-9(14)7-15-4-2-10(11,12)8-15/h9,13H,2-8H2,1H3. The van der Waals surface area contributed by atoms with Crippen LogP contribution in [0.3, 0.4) is 0 Å². The third-order valence-corrected chi connectivity index (χ3v) is 3.36. The molecule has 15 heavy (non-hydrogen) atoms. The lowest BCUT2D eigenvalue weighted by Gasteiger charge is -2.35. The van der Waals surface area contributed by atoms with Gasteiger partial charge in [-0.3, -0.25) is 9.80 Å². The summed E-state index contributed by atoms with van der Waals surface area (Å²) in [5.74, 6) is -2.46. The van der Waals surface area contributed by atoms with Crippen molar-refractivity contribution in [2.75, 3.05) is 46.3 Å². The van der Waals surface area contributed by atoms with Gasteiger partial charge in [0.2, 0.25) is 0 Å². The fraction of sp³-hybridized carbons (Fsp3) is 1.00. The van der Waals surface area contributed by atoms with E-state index in [2.05, 4.69) is 17.3 Å². The van der Waals surface area contributed by atoms with Gasteiger partial charge >= 0.3 is 0 Å². The Morgan fingerprint density at radius 2 is 2.20 bits per heavy atom. The Labute approximate surface area is 89.4 Å². The maximum absolute atomic E-state index is 13.0. The van der Waals surface area contributed by atoms with E-state index in [-0.39, 0.29) is 13.0 Å². The highest BCUT2D eigenvalue weighted by molar-refractivity contribution is 4.87. The first-order valence-electron chi connectivity index (χ1n) is 5.58. The van der Waals surface area contributed by atoms with Crippen molar-refractivity contribution in [1.29, 1.82) is 0 Å². The first-order chi connectivity index (χ1) is 7.07. The smallest absolute Gasteiger partial charge is 0.261 e. The first-order valence-corrected chi connectivity index (χ1v) is 5.58. The molecule has 1 atom stereocenters. The van der Waals surface area contributed by atoms with Gasteiger partial charge in [0.15, 0.2) is 0 Å². The number of likely N-dealkylation sites (N-methyl/N-ethyl adjacent to an activating group) is 1. The van der Waals surface area contributed by atoms with E-state index in [1.54, 1.807) is 0 Å². The molecule has 2 aliphatic heterocycles. The molecule has 0 bridgehead atoms. The van der Waals surface area contributed by atoms with E-state index in [0.717, 1.165) is 26.2 Å². The quantitative estimate of drug-likeness (QED) is 0.717. The molecule has 0 saturated carbocycles. The van der Waals surface area contributed by atoms with Gasteiger partial charge in [0, 0.05) is 45.2 Å². The molecule has 0 spiro atoms. The summed E-state index contributed by atoms with van der Waals surface area (Å²) in [6.45, 7) is 4.17. The summed E-state index contributed by atoms with van der Waals surface area (Å²) in [5, 5.41) is 3.30. The molecule has 2 saturated heterocycles. The van der Waals surface area contributed by atoms with Crippen LogP contribution in [0.15, 0.2) is 0 Å². The lowest BCUT2D eigenvalue weighted by Crippen LogP contribution is -2.53. The van der Waals surface area contributed by atoms with E-state index in [1.165, 1.54) is 0 Å². The van der Waals surface area contributed by atoms with Gasteiger partial charge in [-0.1, -0.05) is 0 Å². The second kappa shape index (κ2) is 4.31. The fourth-order valence-corrected chi connectivity index (χ4v) is 2.33. The molecule has 0 aliphatic carbocycles. The minimum absolute atomic E-state index is 0.0247. The van der Waals surface area contributed by atoms with Crippen molar-refractivity contribution >= 4 is 0 Å². The molecule has 0 aromatic rings. The van der Waals surface area contributed by atoms with Gasteiger partial charge in [0.05, 0.1) is 6.54 Å². The maximum Gasteiger partial charge on any atom is 0.261 e. The third-order valence-electron chi connectivity index (χ3n) is 3.36. The van der Waals surface area contributed by atoms with Crippen LogP contribution >= 0.6 is 0 Å². The molecule has 1 unspecified atom stereocenters. The Morgan fingerprint density at radius 3 is 2.80 bits per heavy atom. The lowest BCUT2D eigenvalue weighted by molar-refractivity contribution is 0.00927. The Kier molecular flexibility index (Phi) is 3.23. The average molecular weight is 219 g/mol. The maximum atomic E-state index is 13.0. The number of piperazine rings is 1. The predicted octanol–water partition coefficient (Wildman–Crippen LogP) is 0.231. The van der Waals surface area contributed by atoms with Crippen molar-refractivity contribution in [3.8, 4) is 0 Å². The van der Waals surface area contributed by atoms with Crippen molar-refractivity contribution in [3.05, 3.63) is 0 Å². The van der Waals surface area contributed by atoms with Crippen molar-refractivity contribution < 1.29 is 8.78 Å². The van der Waals surface area contributed by atoms with E-state index < -0.39 is 5.92 Å². The molecule has 1 N–H and O–H groups in total.